The normalized spacial score (nSPS) is 24.1. The number of carbonyl (C=O) groups is 17. The molecular weight excluding hydrogens is 1290 g/mol. The maximum absolute atomic E-state index is 15.3. The third-order valence-corrected chi connectivity index (χ3v) is 17.1. The minimum Gasteiger partial charge on any atom is -0.481 e. The molecule has 3 rings (SSSR count). The quantitative estimate of drug-likeness (QED) is 0.0325. The second kappa shape index (κ2) is 42.6. The number of primary amides is 1. The topological polar surface area (TPSA) is 542 Å². The lowest BCUT2D eigenvalue weighted by Gasteiger charge is -2.39. The van der Waals surface area contributed by atoms with Gasteiger partial charge in [0, 0.05) is 32.5 Å². The molecule has 0 aliphatic carbocycles. The summed E-state index contributed by atoms with van der Waals surface area (Å²) in [7, 11) is 0. The zero-order valence-corrected chi connectivity index (χ0v) is 56.9. The van der Waals surface area contributed by atoms with E-state index >= 15 is 4.79 Å². The highest BCUT2D eigenvalue weighted by molar-refractivity contribution is 6.01. The number of rotatable bonds is 29. The van der Waals surface area contributed by atoms with Crippen molar-refractivity contribution < 1.29 is 96.8 Å². The van der Waals surface area contributed by atoms with E-state index in [9.17, 15) is 92.0 Å². The van der Waals surface area contributed by atoms with E-state index in [1.54, 1.807) is 13.8 Å². The molecule has 3 aliphatic rings. The van der Waals surface area contributed by atoms with E-state index in [0.29, 0.717) is 12.8 Å². The predicted octanol–water partition coefficient (Wildman–Crippen LogP) is -3.35. The van der Waals surface area contributed by atoms with Crippen molar-refractivity contribution in [2.45, 2.75) is 249 Å². The van der Waals surface area contributed by atoms with Gasteiger partial charge in [0.1, 0.15) is 54.4 Å². The molecule has 0 aromatic heterocycles. The van der Waals surface area contributed by atoms with Crippen LogP contribution in [-0.2, 0) is 81.5 Å². The van der Waals surface area contributed by atoms with Crippen molar-refractivity contribution in [3.05, 3.63) is 0 Å². The summed E-state index contributed by atoms with van der Waals surface area (Å²) in [5, 5.41) is 55.4. The van der Waals surface area contributed by atoms with Crippen LogP contribution in [0.25, 0.3) is 0 Å². The lowest BCUT2D eigenvalue weighted by atomic mass is 9.96. The average molecular weight is 1390 g/mol. The average Bonchev–Trinajstić information content (AvgIpc) is 1.18. The molecule has 35 nitrogen and oxygen atoms in total. The third-order valence-electron chi connectivity index (χ3n) is 17.1. The molecule has 12 atom stereocenters. The fourth-order valence-corrected chi connectivity index (χ4v) is 11.6. The molecule has 3 heterocycles. The number of carbonyl (C=O) groups excluding carboxylic acids is 14. The van der Waals surface area contributed by atoms with Crippen LogP contribution in [-0.4, -0.2) is 225 Å². The van der Waals surface area contributed by atoms with Crippen LogP contribution in [0.3, 0.4) is 0 Å². The molecule has 0 spiro atoms. The summed E-state index contributed by atoms with van der Waals surface area (Å²) in [5.74, 6) is -22.7. The standard InChI is InChI=1S/C63H103N15O20/c1-7-8-9-10-11-12-13-14-15-16-17-18-24-44(80)70-38(29-43(65)79)56(90)76-53-37(6)69-57(91)42-23-21-28-78(42)61(95)50(34(2)3)74-60(94)52(36(5)68-45(81)25-26-64)73-47(83)33-67-54(88)39(30-48(84)85)71-46(82)32-66-55(89)40(31-49(86)87)72-59(93)51(35(4)63(97)98)75-58(92)41-22-19-20-27-77(41)62(53)96/h34-42,50-53H,7-33,64H2,1-6H3,(H2,65,79)(H,66,89)(H,67,88)(H,68,81)(H,69,91)(H,70,80)(H,71,82)(H,72,93)(H,73,83)(H,74,94)(H,75,92)(H,76,90)(H,84,85)(H,86,87)(H,97,98)/t35?,36?,37?,38-,39-,40-,41+,42-,50-,51-,52+,53-/m0/s1. The fraction of sp³-hybridized carbons (Fsp3) is 0.730. The van der Waals surface area contributed by atoms with Gasteiger partial charge in [-0.15, -0.1) is 0 Å². The SMILES string of the molecule is CCCCCCCCCCCCCCC(=O)N[C@@H](CC(N)=O)C(=O)N[C@@H]1C(=O)N2CCCC[C@@H]2C(=O)N[C@@H](C(C)C(=O)O)C(=O)N[C@@H](CC(=O)O)C(=O)NCC(=O)N[C@@H](CC(=O)O)C(=O)NCC(=O)N[C@H](C(C)NC(=O)CCN)C(=O)N[C@@H](C(C)C)C(=O)N2CCC[C@H]2C(=O)NC1C. The number of hydrogen-bond donors (Lipinski definition) is 16. The summed E-state index contributed by atoms with van der Waals surface area (Å²) >= 11 is 0. The molecule has 18 N–H and O–H groups in total. The van der Waals surface area contributed by atoms with Gasteiger partial charge in [0.15, 0.2) is 0 Å². The van der Waals surface area contributed by atoms with Gasteiger partial charge in [0.05, 0.1) is 50.4 Å². The first-order chi connectivity index (χ1) is 46.3. The smallest absolute Gasteiger partial charge is 0.308 e. The Labute approximate surface area is 569 Å². The highest BCUT2D eigenvalue weighted by atomic mass is 16.4. The van der Waals surface area contributed by atoms with E-state index in [1.807, 2.05) is 10.6 Å². The van der Waals surface area contributed by atoms with Crippen LogP contribution >= 0.6 is 0 Å². The monoisotopic (exact) mass is 1390 g/mol. The molecule has 3 saturated heterocycles. The molecule has 3 aliphatic heterocycles. The highest BCUT2D eigenvalue weighted by Crippen LogP contribution is 2.24. The van der Waals surface area contributed by atoms with Crippen molar-refractivity contribution in [1.82, 2.24) is 68.3 Å². The van der Waals surface area contributed by atoms with Crippen molar-refractivity contribution >= 4 is 101 Å². The minimum absolute atomic E-state index is 0.00512. The number of carboxylic acids is 3. The molecule has 35 heteroatoms. The summed E-state index contributed by atoms with van der Waals surface area (Å²) in [6.45, 7) is 6.29. The van der Waals surface area contributed by atoms with E-state index in [-0.39, 0.29) is 64.6 Å². The Morgan fingerprint density at radius 2 is 1.02 bits per heavy atom. The lowest BCUT2D eigenvalue weighted by molar-refractivity contribution is -0.149. The molecular formula is C63H103N15O20. The second-order valence-corrected chi connectivity index (χ2v) is 25.5. The second-order valence-electron chi connectivity index (χ2n) is 25.5. The van der Waals surface area contributed by atoms with Gasteiger partial charge in [-0.2, -0.15) is 0 Å². The van der Waals surface area contributed by atoms with Crippen molar-refractivity contribution in [3.8, 4) is 0 Å². The van der Waals surface area contributed by atoms with Crippen molar-refractivity contribution in [2.75, 3.05) is 32.7 Å². The van der Waals surface area contributed by atoms with Crippen LogP contribution in [0.5, 0.6) is 0 Å². The molecule has 3 fully saturated rings. The number of aliphatic carboxylic acids is 3. The van der Waals surface area contributed by atoms with Gasteiger partial charge in [-0.25, -0.2) is 0 Å². The number of piperidine rings is 1. The van der Waals surface area contributed by atoms with Gasteiger partial charge < -0.3 is 95.1 Å². The van der Waals surface area contributed by atoms with Crippen LogP contribution in [0.15, 0.2) is 0 Å². The molecule has 98 heavy (non-hydrogen) atoms. The Morgan fingerprint density at radius 3 is 1.55 bits per heavy atom. The Kier molecular flexibility index (Phi) is 36.1. The van der Waals surface area contributed by atoms with E-state index in [1.165, 1.54) is 46.0 Å². The van der Waals surface area contributed by atoms with Gasteiger partial charge >= 0.3 is 17.9 Å². The van der Waals surface area contributed by atoms with Crippen LogP contribution in [0, 0.1) is 11.8 Å². The number of fused-ring (bicyclic) bond motifs is 2. The van der Waals surface area contributed by atoms with Crippen LogP contribution < -0.4 is 70.0 Å². The maximum Gasteiger partial charge on any atom is 0.308 e. The third kappa shape index (κ3) is 28.2. The lowest BCUT2D eigenvalue weighted by Crippen LogP contribution is -2.66. The number of nitrogens with one attached hydrogen (secondary N) is 11. The number of unbranched alkanes of at least 4 members (excludes halogenated alkanes) is 11. The first-order valence-corrected chi connectivity index (χ1v) is 33.8. The van der Waals surface area contributed by atoms with Crippen LogP contribution in [0.4, 0.5) is 0 Å². The van der Waals surface area contributed by atoms with Gasteiger partial charge in [-0.05, 0) is 65.2 Å². The Hall–Kier alpha value is -9.05. The number of amides is 14. The van der Waals surface area contributed by atoms with E-state index in [0.717, 1.165) is 48.8 Å². The molecule has 550 valence electrons. The Balaban J connectivity index is 2.17. The number of hydrogen-bond acceptors (Lipinski definition) is 18. The first kappa shape index (κ1) is 83.2. The molecule has 0 bridgehead atoms. The summed E-state index contributed by atoms with van der Waals surface area (Å²) in [5.41, 5.74) is 11.2. The molecule has 0 saturated carbocycles. The molecule has 0 radical (unpaired) electrons. The van der Waals surface area contributed by atoms with Crippen LogP contribution in [0.1, 0.15) is 183 Å². The van der Waals surface area contributed by atoms with Crippen molar-refractivity contribution in [2.24, 2.45) is 23.3 Å². The minimum atomic E-state index is -2.15. The van der Waals surface area contributed by atoms with Crippen LogP contribution in [0.2, 0.25) is 0 Å². The summed E-state index contributed by atoms with van der Waals surface area (Å²) in [6.07, 6.45) is 9.33. The van der Waals surface area contributed by atoms with E-state index in [2.05, 4.69) is 54.8 Å². The zero-order valence-electron chi connectivity index (χ0n) is 56.9. The fourth-order valence-electron chi connectivity index (χ4n) is 11.6. The number of nitrogens with zero attached hydrogens (tertiary/aromatic N) is 2. The molecule has 0 aromatic carbocycles. The van der Waals surface area contributed by atoms with Gasteiger partial charge in [0.2, 0.25) is 82.7 Å². The molecule has 0 aromatic rings. The molecule has 14 amide bonds. The van der Waals surface area contributed by atoms with Gasteiger partial charge in [-0.1, -0.05) is 91.4 Å². The number of carboxylic acid groups (broad SMARTS) is 3. The predicted molar refractivity (Wildman–Crippen MR) is 348 cm³/mol. The van der Waals surface area contributed by atoms with E-state index < -0.39 is 211 Å². The zero-order chi connectivity index (χ0) is 73.3. The van der Waals surface area contributed by atoms with Crippen molar-refractivity contribution in [3.63, 3.8) is 0 Å². The Morgan fingerprint density at radius 1 is 0.541 bits per heavy atom. The van der Waals surface area contributed by atoms with Gasteiger partial charge in [-0.3, -0.25) is 81.5 Å². The summed E-state index contributed by atoms with van der Waals surface area (Å²) in [6, 6.07) is -18.7. The summed E-state index contributed by atoms with van der Waals surface area (Å²) < 4.78 is 0. The summed E-state index contributed by atoms with van der Waals surface area (Å²) in [4.78, 5) is 234. The number of nitrogens with two attached hydrogens (primary N) is 2. The van der Waals surface area contributed by atoms with E-state index in [4.69, 9.17) is 11.5 Å². The largest absolute Gasteiger partial charge is 0.481 e. The molecule has 3 unspecified atom stereocenters. The Bertz CT molecular complexity index is 2840. The van der Waals surface area contributed by atoms with Crippen molar-refractivity contribution in [1.29, 1.82) is 0 Å². The highest BCUT2D eigenvalue weighted by Gasteiger charge is 2.45. The first-order valence-electron chi connectivity index (χ1n) is 33.8. The maximum atomic E-state index is 15.3. The van der Waals surface area contributed by atoms with Gasteiger partial charge in [0.25, 0.3) is 0 Å².